The number of nitrogens with one attached hydrogen (secondary N) is 2. The molecule has 0 saturated heterocycles. The Kier molecular flexibility index (Phi) is 5.91. The minimum atomic E-state index is -0.357. The van der Waals surface area contributed by atoms with Crippen molar-refractivity contribution in [2.45, 2.75) is 44.1 Å². The summed E-state index contributed by atoms with van der Waals surface area (Å²) in [4.78, 5) is 30.3. The number of H-pyrrole nitrogens is 1. The van der Waals surface area contributed by atoms with Crippen molar-refractivity contribution >= 4 is 17.7 Å². The number of amides is 1. The van der Waals surface area contributed by atoms with Crippen molar-refractivity contribution in [1.82, 2.24) is 30.0 Å². The molecule has 0 saturated carbocycles. The highest BCUT2D eigenvalue weighted by Crippen LogP contribution is 2.18. The topological polar surface area (TPSA) is 106 Å². The summed E-state index contributed by atoms with van der Waals surface area (Å²) in [7, 11) is 0. The molecular formula is C14H20N6O2S. The minimum Gasteiger partial charge on any atom is -0.355 e. The van der Waals surface area contributed by atoms with E-state index in [1.807, 2.05) is 11.5 Å². The number of carbonyl (C=O) groups excluding carboxylic acids is 1. The summed E-state index contributed by atoms with van der Waals surface area (Å²) < 4.78 is 1.94. The molecule has 1 unspecified atom stereocenters. The molecule has 0 aromatic carbocycles. The van der Waals surface area contributed by atoms with Gasteiger partial charge in [-0.1, -0.05) is 11.8 Å². The predicted molar refractivity (Wildman–Crippen MR) is 87.3 cm³/mol. The van der Waals surface area contributed by atoms with Crippen LogP contribution in [0.4, 0.5) is 0 Å². The van der Waals surface area contributed by atoms with Crippen molar-refractivity contribution < 1.29 is 4.79 Å². The first-order chi connectivity index (χ1) is 11.0. The number of aromatic nitrogens is 5. The summed E-state index contributed by atoms with van der Waals surface area (Å²) in [5.41, 5.74) is 0.411. The van der Waals surface area contributed by atoms with Gasteiger partial charge in [0, 0.05) is 31.3 Å². The zero-order valence-corrected chi connectivity index (χ0v) is 14.2. The van der Waals surface area contributed by atoms with Crippen molar-refractivity contribution in [3.05, 3.63) is 34.3 Å². The first-order valence-corrected chi connectivity index (χ1v) is 8.26. The van der Waals surface area contributed by atoms with Gasteiger partial charge in [0.1, 0.15) is 12.2 Å². The number of hydrogen-bond acceptors (Lipinski definition) is 6. The second kappa shape index (κ2) is 7.91. The first kappa shape index (κ1) is 17.2. The second-order valence-corrected chi connectivity index (χ2v) is 6.36. The molecule has 0 fully saturated rings. The van der Waals surface area contributed by atoms with Crippen LogP contribution in [0.15, 0.2) is 22.3 Å². The maximum absolute atomic E-state index is 12.1. The van der Waals surface area contributed by atoms with Crippen molar-refractivity contribution in [1.29, 1.82) is 0 Å². The highest BCUT2D eigenvalue weighted by atomic mass is 32.2. The van der Waals surface area contributed by atoms with Crippen molar-refractivity contribution in [3.63, 3.8) is 0 Å². The third-order valence-corrected chi connectivity index (χ3v) is 4.17. The Morgan fingerprint density at radius 3 is 3.00 bits per heavy atom. The maximum atomic E-state index is 12.1. The van der Waals surface area contributed by atoms with E-state index in [1.165, 1.54) is 17.8 Å². The van der Waals surface area contributed by atoms with Gasteiger partial charge in [0.05, 0.1) is 5.25 Å². The average Bonchev–Trinajstić information content (AvgIpc) is 2.93. The zero-order valence-electron chi connectivity index (χ0n) is 13.4. The molecule has 0 aliphatic carbocycles. The molecule has 2 N–H and O–H groups in total. The smallest absolute Gasteiger partial charge is 0.251 e. The molecule has 0 bridgehead atoms. The second-order valence-electron chi connectivity index (χ2n) is 5.03. The Morgan fingerprint density at radius 1 is 1.52 bits per heavy atom. The van der Waals surface area contributed by atoms with Gasteiger partial charge in [-0.3, -0.25) is 9.59 Å². The van der Waals surface area contributed by atoms with Crippen LogP contribution < -0.4 is 10.9 Å². The van der Waals surface area contributed by atoms with Gasteiger partial charge >= 0.3 is 0 Å². The van der Waals surface area contributed by atoms with E-state index >= 15 is 0 Å². The van der Waals surface area contributed by atoms with Crippen molar-refractivity contribution in [3.8, 4) is 0 Å². The molecule has 0 aliphatic heterocycles. The number of nitrogens with zero attached hydrogens (tertiary/aromatic N) is 4. The lowest BCUT2D eigenvalue weighted by Crippen LogP contribution is -2.33. The first-order valence-electron chi connectivity index (χ1n) is 7.38. The predicted octanol–water partition coefficient (Wildman–Crippen LogP) is 0.529. The van der Waals surface area contributed by atoms with Gasteiger partial charge in [0.15, 0.2) is 5.16 Å². The van der Waals surface area contributed by atoms with E-state index in [2.05, 4.69) is 25.5 Å². The number of carbonyl (C=O) groups is 1. The highest BCUT2D eigenvalue weighted by molar-refractivity contribution is 8.00. The van der Waals surface area contributed by atoms with Gasteiger partial charge in [-0.2, -0.15) is 0 Å². The summed E-state index contributed by atoms with van der Waals surface area (Å²) in [6.07, 6.45) is 2.30. The largest absolute Gasteiger partial charge is 0.355 e. The number of thioether (sulfide) groups is 1. The standard InChI is InChI=1S/C14H20N6O2S/c1-4-20-8-16-19-11(20)5-6-15-13(22)10(3)23-14-17-9(2)7-12(21)18-14/h7-8,10H,4-6H2,1-3H3,(H,15,22)(H,17,18,21). The third kappa shape index (κ3) is 4.92. The summed E-state index contributed by atoms with van der Waals surface area (Å²) in [6.45, 7) is 6.82. The number of aryl methyl sites for hydroxylation is 2. The molecule has 0 radical (unpaired) electrons. The van der Waals surface area contributed by atoms with E-state index in [4.69, 9.17) is 0 Å². The molecule has 0 spiro atoms. The molecule has 1 atom stereocenters. The molecule has 8 nitrogen and oxygen atoms in total. The van der Waals surface area contributed by atoms with Gasteiger partial charge in [-0.05, 0) is 20.8 Å². The van der Waals surface area contributed by atoms with Crippen molar-refractivity contribution in [2.24, 2.45) is 0 Å². The molecule has 1 amide bonds. The summed E-state index contributed by atoms with van der Waals surface area (Å²) in [6, 6.07) is 1.42. The van der Waals surface area contributed by atoms with Crippen LogP contribution in [0.25, 0.3) is 0 Å². The number of hydrogen-bond donors (Lipinski definition) is 2. The van der Waals surface area contributed by atoms with Gasteiger partial charge < -0.3 is 14.9 Å². The van der Waals surface area contributed by atoms with Gasteiger partial charge in [-0.25, -0.2) is 4.98 Å². The lowest BCUT2D eigenvalue weighted by Gasteiger charge is -2.11. The fourth-order valence-electron chi connectivity index (χ4n) is 2.01. The van der Waals surface area contributed by atoms with E-state index in [0.29, 0.717) is 23.8 Å². The fourth-order valence-corrected chi connectivity index (χ4v) is 2.89. The SMILES string of the molecule is CCn1cnnc1CCNC(=O)C(C)Sc1nc(C)cc(=O)[nH]1. The van der Waals surface area contributed by atoms with Crippen LogP contribution in [0, 0.1) is 6.92 Å². The molecule has 2 heterocycles. The highest BCUT2D eigenvalue weighted by Gasteiger charge is 2.16. The number of aromatic amines is 1. The number of rotatable bonds is 7. The Balaban J connectivity index is 1.84. The summed E-state index contributed by atoms with van der Waals surface area (Å²) in [5.74, 6) is 0.736. The van der Waals surface area contributed by atoms with E-state index in [1.54, 1.807) is 20.2 Å². The molecular weight excluding hydrogens is 316 g/mol. The van der Waals surface area contributed by atoms with Gasteiger partial charge in [0.2, 0.25) is 5.91 Å². The maximum Gasteiger partial charge on any atom is 0.251 e. The van der Waals surface area contributed by atoms with Gasteiger partial charge in [-0.15, -0.1) is 10.2 Å². The summed E-state index contributed by atoms with van der Waals surface area (Å²) in [5, 5.41) is 10.8. The molecule has 2 aromatic heterocycles. The molecule has 9 heteroatoms. The van der Waals surface area contributed by atoms with Crippen LogP contribution in [0.3, 0.4) is 0 Å². The van der Waals surface area contributed by atoms with Crippen LogP contribution in [0.1, 0.15) is 25.4 Å². The molecule has 23 heavy (non-hydrogen) atoms. The Labute approximate surface area is 138 Å². The van der Waals surface area contributed by atoms with E-state index in [-0.39, 0.29) is 16.7 Å². The van der Waals surface area contributed by atoms with Crippen LogP contribution in [-0.4, -0.2) is 42.4 Å². The minimum absolute atomic E-state index is 0.110. The normalized spacial score (nSPS) is 12.1. The Morgan fingerprint density at radius 2 is 2.30 bits per heavy atom. The molecule has 124 valence electrons. The van der Waals surface area contributed by atoms with Gasteiger partial charge in [0.25, 0.3) is 5.56 Å². The summed E-state index contributed by atoms with van der Waals surface area (Å²) >= 11 is 1.22. The monoisotopic (exact) mass is 336 g/mol. The van der Waals surface area contributed by atoms with Crippen LogP contribution in [0.2, 0.25) is 0 Å². The zero-order chi connectivity index (χ0) is 16.8. The lowest BCUT2D eigenvalue weighted by molar-refractivity contribution is -0.120. The third-order valence-electron chi connectivity index (χ3n) is 3.19. The van der Waals surface area contributed by atoms with Crippen LogP contribution in [-0.2, 0) is 17.8 Å². The Hall–Kier alpha value is -2.16. The quantitative estimate of drug-likeness (QED) is 0.564. The Bertz CT molecular complexity index is 726. The molecule has 0 aliphatic rings. The van der Waals surface area contributed by atoms with E-state index in [9.17, 15) is 9.59 Å². The van der Waals surface area contributed by atoms with Crippen LogP contribution >= 0.6 is 11.8 Å². The molecule has 2 aromatic rings. The fraction of sp³-hybridized carbons (Fsp3) is 0.500. The average molecular weight is 336 g/mol. The van der Waals surface area contributed by atoms with E-state index in [0.717, 1.165) is 12.4 Å². The van der Waals surface area contributed by atoms with Crippen molar-refractivity contribution in [2.75, 3.05) is 6.54 Å². The lowest BCUT2D eigenvalue weighted by atomic mass is 10.3. The van der Waals surface area contributed by atoms with Crippen LogP contribution in [0.5, 0.6) is 0 Å². The molecule has 2 rings (SSSR count). The van der Waals surface area contributed by atoms with E-state index < -0.39 is 0 Å².